The topological polar surface area (TPSA) is 104 Å². The Balaban J connectivity index is 2.63. The van der Waals surface area contributed by atoms with Crippen molar-refractivity contribution >= 4 is 35.2 Å². The van der Waals surface area contributed by atoms with E-state index in [0.29, 0.717) is 5.56 Å². The first-order chi connectivity index (χ1) is 11.8. The van der Waals surface area contributed by atoms with Gasteiger partial charge in [-0.2, -0.15) is 5.26 Å². The van der Waals surface area contributed by atoms with Gasteiger partial charge in [0.05, 0.1) is 4.92 Å². The van der Waals surface area contributed by atoms with Crippen molar-refractivity contribution in [1.82, 2.24) is 4.90 Å². The third-order valence-corrected chi connectivity index (χ3v) is 3.93. The second-order valence-corrected chi connectivity index (χ2v) is 5.55. The number of hydrogen-bond acceptors (Lipinski definition) is 5. The van der Waals surface area contributed by atoms with Gasteiger partial charge < -0.3 is 0 Å². The van der Waals surface area contributed by atoms with Crippen LogP contribution in [0.3, 0.4) is 0 Å². The molecule has 8 heteroatoms. The molecule has 1 aliphatic rings. The zero-order valence-electron chi connectivity index (χ0n) is 13.2. The van der Waals surface area contributed by atoms with Crippen LogP contribution in [0.5, 0.6) is 0 Å². The summed E-state index contributed by atoms with van der Waals surface area (Å²) in [6.45, 7) is 4.92. The number of benzene rings is 1. The van der Waals surface area contributed by atoms with Crippen LogP contribution in [0.25, 0.3) is 6.08 Å². The van der Waals surface area contributed by atoms with E-state index in [0.717, 1.165) is 4.90 Å². The Morgan fingerprint density at radius 3 is 2.64 bits per heavy atom. The first-order valence-corrected chi connectivity index (χ1v) is 7.43. The zero-order chi connectivity index (χ0) is 18.7. The third kappa shape index (κ3) is 3.34. The summed E-state index contributed by atoms with van der Waals surface area (Å²) in [7, 11) is 0. The van der Waals surface area contributed by atoms with Crippen LogP contribution in [0.1, 0.15) is 12.5 Å². The average Bonchev–Trinajstić information content (AvgIpc) is 2.57. The molecule has 0 saturated carbocycles. The quantitative estimate of drug-likeness (QED) is 0.271. The molecule has 0 spiro atoms. The average molecular weight is 358 g/mol. The largest absolute Gasteiger partial charge is 0.288 e. The van der Waals surface area contributed by atoms with Crippen molar-refractivity contribution in [3.05, 3.63) is 68.3 Å². The van der Waals surface area contributed by atoms with Gasteiger partial charge in [-0.25, -0.2) is 0 Å². The Labute approximate surface area is 148 Å². The fraction of sp³-hybridized carbons (Fsp3) is 0.118. The van der Waals surface area contributed by atoms with Crippen molar-refractivity contribution in [3.8, 4) is 6.07 Å². The molecule has 0 atom stereocenters. The highest BCUT2D eigenvalue weighted by molar-refractivity contribution is 6.32. The number of carbonyl (C=O) groups excluding carboxylic acids is 2. The molecule has 2 rings (SSSR count). The minimum absolute atomic E-state index is 0.0319. The van der Waals surface area contributed by atoms with Crippen molar-refractivity contribution in [2.24, 2.45) is 0 Å². The predicted molar refractivity (Wildman–Crippen MR) is 91.3 cm³/mol. The first-order valence-electron chi connectivity index (χ1n) is 7.05. The molecule has 1 aliphatic heterocycles. The number of hydrogen-bond donors (Lipinski definition) is 0. The molecule has 1 aromatic rings. The van der Waals surface area contributed by atoms with Crippen LogP contribution in [0.2, 0.25) is 5.02 Å². The van der Waals surface area contributed by atoms with E-state index in [-0.39, 0.29) is 34.0 Å². The highest BCUT2D eigenvalue weighted by Gasteiger charge is 2.34. The van der Waals surface area contributed by atoms with E-state index in [1.807, 2.05) is 0 Å². The maximum Gasteiger partial charge on any atom is 0.288 e. The lowest BCUT2D eigenvalue weighted by molar-refractivity contribution is -0.384. The number of nitriles is 1. The minimum Gasteiger partial charge on any atom is -0.270 e. The molecular weight excluding hydrogens is 346 g/mol. The van der Waals surface area contributed by atoms with E-state index >= 15 is 0 Å². The fourth-order valence-corrected chi connectivity index (χ4v) is 2.54. The van der Waals surface area contributed by atoms with Crippen molar-refractivity contribution in [2.45, 2.75) is 6.92 Å². The maximum atomic E-state index is 12.6. The molecule has 0 aromatic heterocycles. The van der Waals surface area contributed by atoms with Gasteiger partial charge in [0.15, 0.2) is 0 Å². The molecule has 0 fully saturated rings. The number of halogens is 1. The smallest absolute Gasteiger partial charge is 0.270 e. The van der Waals surface area contributed by atoms with Crippen LogP contribution in [-0.2, 0) is 9.59 Å². The minimum atomic E-state index is -0.691. The Bertz CT molecular complexity index is 909. The number of nitro groups is 1. The van der Waals surface area contributed by atoms with Crippen LogP contribution in [-0.4, -0.2) is 28.2 Å². The Morgan fingerprint density at radius 1 is 1.40 bits per heavy atom. The molecule has 0 bridgehead atoms. The second kappa shape index (κ2) is 7.11. The summed E-state index contributed by atoms with van der Waals surface area (Å²) >= 11 is 5.77. The van der Waals surface area contributed by atoms with Crippen LogP contribution in [0.15, 0.2) is 47.6 Å². The van der Waals surface area contributed by atoms with Gasteiger partial charge in [0.25, 0.3) is 17.5 Å². The molecule has 1 aromatic carbocycles. The van der Waals surface area contributed by atoms with Crippen LogP contribution in [0.4, 0.5) is 5.69 Å². The highest BCUT2D eigenvalue weighted by atomic mass is 35.5. The van der Waals surface area contributed by atoms with Crippen LogP contribution >= 0.6 is 11.6 Å². The molecule has 0 unspecified atom stereocenters. The van der Waals surface area contributed by atoms with E-state index in [2.05, 4.69) is 6.58 Å². The molecule has 2 amide bonds. The molecular formula is C17H12ClN3O4. The Hall–Kier alpha value is -3.24. The van der Waals surface area contributed by atoms with E-state index in [1.165, 1.54) is 37.3 Å². The second-order valence-electron chi connectivity index (χ2n) is 5.15. The van der Waals surface area contributed by atoms with Crippen molar-refractivity contribution in [1.29, 1.82) is 5.26 Å². The van der Waals surface area contributed by atoms with Crippen molar-refractivity contribution in [3.63, 3.8) is 0 Å². The maximum absolute atomic E-state index is 12.6. The lowest BCUT2D eigenvalue weighted by Crippen LogP contribution is -2.42. The summed E-state index contributed by atoms with van der Waals surface area (Å²) in [5, 5.41) is 20.2. The van der Waals surface area contributed by atoms with Crippen molar-refractivity contribution < 1.29 is 14.5 Å². The monoisotopic (exact) mass is 357 g/mol. The van der Waals surface area contributed by atoms with Gasteiger partial charge in [0, 0.05) is 18.2 Å². The zero-order valence-corrected chi connectivity index (χ0v) is 13.9. The number of nitrogens with zero attached hydrogens (tertiary/aromatic N) is 3. The normalized spacial score (nSPS) is 16.2. The van der Waals surface area contributed by atoms with Gasteiger partial charge >= 0.3 is 0 Å². The van der Waals surface area contributed by atoms with Gasteiger partial charge in [0.2, 0.25) is 0 Å². The highest BCUT2D eigenvalue weighted by Crippen LogP contribution is 2.30. The number of amides is 2. The lowest BCUT2D eigenvalue weighted by Gasteiger charge is -2.26. The summed E-state index contributed by atoms with van der Waals surface area (Å²) in [5.74, 6) is -1.29. The third-order valence-electron chi connectivity index (χ3n) is 3.61. The van der Waals surface area contributed by atoms with Gasteiger partial charge in [-0.05, 0) is 30.2 Å². The van der Waals surface area contributed by atoms with Crippen LogP contribution in [0, 0.1) is 21.4 Å². The van der Waals surface area contributed by atoms with Gasteiger partial charge in [-0.15, -0.1) is 6.58 Å². The van der Waals surface area contributed by atoms with E-state index in [1.54, 1.807) is 6.07 Å². The SMILES string of the molecule is C=CCN1C(=O)C(C#N)=C(C)/C(=C\c2ccc(Cl)c([N+](=O)[O-])c2)C1=O. The van der Waals surface area contributed by atoms with E-state index in [4.69, 9.17) is 11.6 Å². The number of nitro benzene ring substituents is 1. The van der Waals surface area contributed by atoms with Crippen molar-refractivity contribution in [2.75, 3.05) is 6.54 Å². The van der Waals surface area contributed by atoms with E-state index < -0.39 is 16.7 Å². The molecule has 0 radical (unpaired) electrons. The summed E-state index contributed by atoms with van der Waals surface area (Å²) in [6.07, 6.45) is 2.76. The molecule has 25 heavy (non-hydrogen) atoms. The standard InChI is InChI=1S/C17H12ClN3O4/c1-3-6-20-16(22)12(10(2)13(9-19)17(20)23)7-11-4-5-14(18)15(8-11)21(24)25/h3-5,7-8H,1,6H2,2H3/b12-7+. The Morgan fingerprint density at radius 2 is 2.08 bits per heavy atom. The van der Waals surface area contributed by atoms with Gasteiger partial charge in [0.1, 0.15) is 16.7 Å². The summed E-state index contributed by atoms with van der Waals surface area (Å²) in [6, 6.07) is 5.86. The Kier molecular flexibility index (Phi) is 5.15. The summed E-state index contributed by atoms with van der Waals surface area (Å²) < 4.78 is 0. The molecule has 0 saturated heterocycles. The van der Waals surface area contributed by atoms with Gasteiger partial charge in [-0.3, -0.25) is 24.6 Å². The van der Waals surface area contributed by atoms with Gasteiger partial charge in [-0.1, -0.05) is 23.7 Å². The molecule has 1 heterocycles. The lowest BCUT2D eigenvalue weighted by atomic mass is 9.93. The number of carbonyl (C=O) groups is 2. The molecule has 0 N–H and O–H groups in total. The summed E-state index contributed by atoms with van der Waals surface area (Å²) in [4.78, 5) is 36.0. The van der Waals surface area contributed by atoms with E-state index in [9.17, 15) is 25.0 Å². The molecule has 7 nitrogen and oxygen atoms in total. The first kappa shape index (κ1) is 18.1. The number of imide groups is 1. The summed E-state index contributed by atoms with van der Waals surface area (Å²) in [5.41, 5.74) is 0.214. The fourth-order valence-electron chi connectivity index (χ4n) is 2.35. The number of rotatable bonds is 4. The molecule has 126 valence electrons. The molecule has 0 aliphatic carbocycles. The predicted octanol–water partition coefficient (Wildman–Crippen LogP) is 3.03. The van der Waals surface area contributed by atoms with Crippen LogP contribution < -0.4 is 0 Å².